The van der Waals surface area contributed by atoms with Crippen LogP contribution in [0, 0.1) is 17.1 Å². The summed E-state index contributed by atoms with van der Waals surface area (Å²) in [5.41, 5.74) is 0.0395. The van der Waals surface area contributed by atoms with Crippen LogP contribution >= 0.6 is 11.5 Å². The molecule has 0 fully saturated rings. The molecule has 1 amide bonds. The van der Waals surface area contributed by atoms with Crippen LogP contribution < -0.4 is 5.32 Å². The van der Waals surface area contributed by atoms with E-state index in [2.05, 4.69) is 14.9 Å². The average molecular weight is 248 g/mol. The summed E-state index contributed by atoms with van der Waals surface area (Å²) in [6.45, 7) is 0. The first-order valence-electron chi connectivity index (χ1n) is 4.49. The van der Waals surface area contributed by atoms with Crippen LogP contribution in [0.25, 0.3) is 0 Å². The maximum Gasteiger partial charge on any atom is 0.277 e. The van der Waals surface area contributed by atoms with E-state index in [1.165, 1.54) is 17.5 Å². The SMILES string of the molecule is N#Cc1c(F)cccc1NC(=O)c1csnn1. The van der Waals surface area contributed by atoms with Gasteiger partial charge in [-0.15, -0.1) is 5.10 Å². The Morgan fingerprint density at radius 2 is 2.35 bits per heavy atom. The molecule has 0 spiro atoms. The zero-order valence-electron chi connectivity index (χ0n) is 8.35. The Hall–Kier alpha value is -2.33. The lowest BCUT2D eigenvalue weighted by Crippen LogP contribution is -2.13. The summed E-state index contributed by atoms with van der Waals surface area (Å²) in [6, 6.07) is 5.69. The molecule has 0 bridgehead atoms. The quantitative estimate of drug-likeness (QED) is 0.878. The number of benzene rings is 1. The molecule has 1 N–H and O–H groups in total. The molecule has 0 aliphatic heterocycles. The van der Waals surface area contributed by atoms with Crippen molar-refractivity contribution in [1.29, 1.82) is 5.26 Å². The molecule has 1 heterocycles. The van der Waals surface area contributed by atoms with Crippen molar-refractivity contribution in [3.05, 3.63) is 40.7 Å². The number of anilines is 1. The first-order valence-corrected chi connectivity index (χ1v) is 5.33. The van der Waals surface area contributed by atoms with Crippen LogP contribution in [0.3, 0.4) is 0 Å². The Balaban J connectivity index is 2.29. The number of amides is 1. The molecule has 0 saturated heterocycles. The van der Waals surface area contributed by atoms with Gasteiger partial charge in [0.15, 0.2) is 5.69 Å². The van der Waals surface area contributed by atoms with Crippen LogP contribution in [0.5, 0.6) is 0 Å². The third kappa shape index (κ3) is 2.26. The van der Waals surface area contributed by atoms with Gasteiger partial charge >= 0.3 is 0 Å². The van der Waals surface area contributed by atoms with Crippen molar-refractivity contribution in [3.63, 3.8) is 0 Å². The molecule has 0 saturated carbocycles. The molecule has 1 aromatic heterocycles. The molecular formula is C10H5FN4OS. The van der Waals surface area contributed by atoms with Crippen LogP contribution in [0.2, 0.25) is 0 Å². The van der Waals surface area contributed by atoms with Crippen molar-refractivity contribution in [1.82, 2.24) is 9.59 Å². The molecule has 84 valence electrons. The minimum atomic E-state index is -0.679. The Bertz CT molecular complexity index is 591. The zero-order chi connectivity index (χ0) is 12.3. The number of nitrogens with one attached hydrogen (secondary N) is 1. The van der Waals surface area contributed by atoms with Gasteiger partial charge in [0.05, 0.1) is 5.69 Å². The highest BCUT2D eigenvalue weighted by atomic mass is 32.1. The third-order valence-corrected chi connectivity index (χ3v) is 2.47. The van der Waals surface area contributed by atoms with Crippen molar-refractivity contribution in [3.8, 4) is 6.07 Å². The van der Waals surface area contributed by atoms with Crippen LogP contribution in [0.4, 0.5) is 10.1 Å². The number of aromatic nitrogens is 2. The Morgan fingerprint density at radius 3 is 3.00 bits per heavy atom. The number of carbonyl (C=O) groups excluding carboxylic acids is 1. The van der Waals surface area contributed by atoms with Crippen molar-refractivity contribution in [2.45, 2.75) is 0 Å². The third-order valence-electron chi connectivity index (χ3n) is 1.97. The standard InChI is InChI=1S/C10H5FN4OS/c11-7-2-1-3-8(6(7)4-12)13-10(16)9-5-17-15-14-9/h1-3,5H,(H,13,16). The fourth-order valence-corrected chi connectivity index (χ4v) is 1.63. The van der Waals surface area contributed by atoms with Gasteiger partial charge in [0, 0.05) is 5.38 Å². The van der Waals surface area contributed by atoms with Gasteiger partial charge in [0.1, 0.15) is 17.4 Å². The van der Waals surface area contributed by atoms with Crippen LogP contribution in [0.15, 0.2) is 23.6 Å². The average Bonchev–Trinajstić information content (AvgIpc) is 2.82. The molecule has 1 aromatic carbocycles. The largest absolute Gasteiger partial charge is 0.319 e. The summed E-state index contributed by atoms with van der Waals surface area (Å²) in [7, 11) is 0. The Kier molecular flexibility index (Phi) is 3.07. The summed E-state index contributed by atoms with van der Waals surface area (Å²) in [6.07, 6.45) is 0. The topological polar surface area (TPSA) is 78.7 Å². The lowest BCUT2D eigenvalue weighted by Gasteiger charge is -2.05. The van der Waals surface area contributed by atoms with E-state index in [0.717, 1.165) is 17.6 Å². The Labute approximate surface area is 99.7 Å². The number of nitriles is 1. The lowest BCUT2D eigenvalue weighted by molar-refractivity contribution is 0.102. The fourth-order valence-electron chi connectivity index (χ4n) is 1.19. The molecule has 2 aromatic rings. The minimum Gasteiger partial charge on any atom is -0.319 e. The summed E-state index contributed by atoms with van der Waals surface area (Å²) in [5.74, 6) is -1.21. The predicted molar refractivity (Wildman–Crippen MR) is 59.0 cm³/mol. The van der Waals surface area contributed by atoms with Crippen molar-refractivity contribution >= 4 is 23.1 Å². The van der Waals surface area contributed by atoms with Gasteiger partial charge in [-0.05, 0) is 23.7 Å². The summed E-state index contributed by atoms with van der Waals surface area (Å²) in [4.78, 5) is 11.6. The van der Waals surface area contributed by atoms with Crippen molar-refractivity contribution in [2.24, 2.45) is 0 Å². The van der Waals surface area contributed by atoms with Gasteiger partial charge in [-0.1, -0.05) is 10.6 Å². The van der Waals surface area contributed by atoms with E-state index < -0.39 is 11.7 Å². The number of hydrogen-bond donors (Lipinski definition) is 1. The molecule has 0 aliphatic rings. The normalized spacial score (nSPS) is 9.65. The van der Waals surface area contributed by atoms with E-state index in [0.29, 0.717) is 0 Å². The van der Waals surface area contributed by atoms with E-state index in [1.807, 2.05) is 0 Å². The number of nitrogens with zero attached hydrogens (tertiary/aromatic N) is 3. The maximum atomic E-state index is 13.2. The molecule has 0 unspecified atom stereocenters. The molecule has 0 atom stereocenters. The Morgan fingerprint density at radius 1 is 1.53 bits per heavy atom. The molecule has 17 heavy (non-hydrogen) atoms. The van der Waals surface area contributed by atoms with Crippen LogP contribution in [-0.4, -0.2) is 15.5 Å². The molecule has 0 radical (unpaired) electrons. The van der Waals surface area contributed by atoms with E-state index in [9.17, 15) is 9.18 Å². The number of carbonyl (C=O) groups is 1. The van der Waals surface area contributed by atoms with Crippen LogP contribution in [-0.2, 0) is 0 Å². The summed E-state index contributed by atoms with van der Waals surface area (Å²) in [5, 5.41) is 16.2. The molecule has 7 heteroatoms. The zero-order valence-corrected chi connectivity index (χ0v) is 9.16. The van der Waals surface area contributed by atoms with Gasteiger partial charge in [-0.3, -0.25) is 4.79 Å². The van der Waals surface area contributed by atoms with Crippen LogP contribution in [0.1, 0.15) is 16.1 Å². The highest BCUT2D eigenvalue weighted by Gasteiger charge is 2.13. The van der Waals surface area contributed by atoms with E-state index in [1.54, 1.807) is 6.07 Å². The van der Waals surface area contributed by atoms with Crippen molar-refractivity contribution in [2.75, 3.05) is 5.32 Å². The molecule has 0 aliphatic carbocycles. The number of halogens is 1. The number of rotatable bonds is 2. The first-order chi connectivity index (χ1) is 8.22. The van der Waals surface area contributed by atoms with Gasteiger partial charge in [-0.25, -0.2) is 4.39 Å². The highest BCUT2D eigenvalue weighted by Crippen LogP contribution is 2.18. The second-order valence-corrected chi connectivity index (χ2v) is 3.63. The first kappa shape index (κ1) is 11.2. The molecular weight excluding hydrogens is 243 g/mol. The highest BCUT2D eigenvalue weighted by molar-refractivity contribution is 7.03. The smallest absolute Gasteiger partial charge is 0.277 e. The minimum absolute atomic E-state index is 0.116. The molecule has 5 nitrogen and oxygen atoms in total. The second-order valence-electron chi connectivity index (χ2n) is 3.02. The van der Waals surface area contributed by atoms with Gasteiger partial charge in [0.2, 0.25) is 0 Å². The van der Waals surface area contributed by atoms with E-state index in [4.69, 9.17) is 5.26 Å². The predicted octanol–water partition coefficient (Wildman–Crippen LogP) is 1.80. The summed E-state index contributed by atoms with van der Waals surface area (Å²) >= 11 is 1.03. The molecule has 2 rings (SSSR count). The second kappa shape index (κ2) is 4.67. The summed E-state index contributed by atoms with van der Waals surface area (Å²) < 4.78 is 16.8. The van der Waals surface area contributed by atoms with E-state index >= 15 is 0 Å². The maximum absolute atomic E-state index is 13.2. The number of hydrogen-bond acceptors (Lipinski definition) is 5. The van der Waals surface area contributed by atoms with Crippen molar-refractivity contribution < 1.29 is 9.18 Å². The monoisotopic (exact) mass is 248 g/mol. The fraction of sp³-hybridized carbons (Fsp3) is 0. The van der Waals surface area contributed by atoms with Gasteiger partial charge in [0.25, 0.3) is 5.91 Å². The van der Waals surface area contributed by atoms with Gasteiger partial charge < -0.3 is 5.32 Å². The van der Waals surface area contributed by atoms with Gasteiger partial charge in [-0.2, -0.15) is 5.26 Å². The lowest BCUT2D eigenvalue weighted by atomic mass is 10.2. The van der Waals surface area contributed by atoms with E-state index in [-0.39, 0.29) is 16.9 Å².